The third-order valence-electron chi connectivity index (χ3n) is 4.14. The Balaban J connectivity index is 0.00000392. The number of hydrogen-bond donors (Lipinski definition) is 2. The predicted octanol–water partition coefficient (Wildman–Crippen LogP) is 3.38. The summed E-state index contributed by atoms with van der Waals surface area (Å²) in [6.45, 7) is 6.68. The van der Waals surface area contributed by atoms with E-state index in [4.69, 9.17) is 4.99 Å². The summed E-state index contributed by atoms with van der Waals surface area (Å²) in [7, 11) is 6.09. The average molecular weight is 516 g/mol. The van der Waals surface area contributed by atoms with Crippen molar-refractivity contribution in [2.45, 2.75) is 30.0 Å². The normalized spacial score (nSPS) is 13.7. The van der Waals surface area contributed by atoms with Crippen molar-refractivity contribution in [1.29, 1.82) is 0 Å². The number of rotatable bonds is 9. The number of aliphatic imine (C=N–C) groups is 1. The van der Waals surface area contributed by atoms with Gasteiger partial charge in [-0.25, -0.2) is 0 Å². The molecule has 0 spiro atoms. The van der Waals surface area contributed by atoms with Crippen LogP contribution in [0.1, 0.15) is 25.5 Å². The molecule has 0 amide bonds. The van der Waals surface area contributed by atoms with Crippen molar-refractivity contribution in [2.75, 3.05) is 33.7 Å². The Hall–Kier alpha value is -1.26. The van der Waals surface area contributed by atoms with Gasteiger partial charge in [-0.2, -0.15) is 5.10 Å². The molecule has 0 saturated heterocycles. The number of aromatic nitrogens is 2. The quantitative estimate of drug-likeness (QED) is 0.232. The molecule has 2 N–H and O–H groups in total. The highest BCUT2D eigenvalue weighted by Crippen LogP contribution is 2.22. The molecule has 0 saturated carbocycles. The van der Waals surface area contributed by atoms with Crippen LogP contribution in [0.4, 0.5) is 0 Å². The van der Waals surface area contributed by atoms with Crippen LogP contribution in [0.3, 0.4) is 0 Å². The maximum atomic E-state index is 4.81. The van der Waals surface area contributed by atoms with Crippen LogP contribution >= 0.6 is 35.7 Å². The Labute approximate surface area is 190 Å². The number of likely N-dealkylation sites (N-methyl/N-ethyl adjacent to an activating group) is 1. The van der Waals surface area contributed by atoms with Crippen molar-refractivity contribution in [2.24, 2.45) is 12.0 Å². The Morgan fingerprint density at radius 3 is 2.54 bits per heavy atom. The molecule has 156 valence electrons. The SMILES string of the molecule is CCNC(=NCC(c1cnn(C)c1)N(C)C)NCC(C)Sc1ccccc1.I. The minimum Gasteiger partial charge on any atom is -0.357 e. The number of hydrogen-bond acceptors (Lipinski definition) is 4. The third-order valence-corrected chi connectivity index (χ3v) is 5.25. The number of aryl methyl sites for hydroxylation is 1. The number of nitrogens with zero attached hydrogens (tertiary/aromatic N) is 4. The van der Waals surface area contributed by atoms with Gasteiger partial charge in [-0.05, 0) is 33.2 Å². The third kappa shape index (κ3) is 8.40. The zero-order chi connectivity index (χ0) is 19.6. The molecule has 1 aromatic heterocycles. The van der Waals surface area contributed by atoms with Gasteiger partial charge in [-0.3, -0.25) is 9.67 Å². The first kappa shape index (κ1) is 24.8. The van der Waals surface area contributed by atoms with Crippen molar-refractivity contribution in [3.05, 3.63) is 48.3 Å². The lowest BCUT2D eigenvalue weighted by atomic mass is 10.1. The molecule has 1 aromatic carbocycles. The van der Waals surface area contributed by atoms with E-state index in [1.54, 1.807) is 0 Å². The smallest absolute Gasteiger partial charge is 0.191 e. The molecule has 8 heteroatoms. The van der Waals surface area contributed by atoms with E-state index in [-0.39, 0.29) is 30.0 Å². The molecule has 0 aliphatic rings. The minimum absolute atomic E-state index is 0. The van der Waals surface area contributed by atoms with Crippen LogP contribution in [0, 0.1) is 0 Å². The van der Waals surface area contributed by atoms with Gasteiger partial charge >= 0.3 is 0 Å². The summed E-state index contributed by atoms with van der Waals surface area (Å²) in [5.74, 6) is 0.855. The number of halogens is 1. The van der Waals surface area contributed by atoms with Gasteiger partial charge in [0.25, 0.3) is 0 Å². The Morgan fingerprint density at radius 1 is 1.25 bits per heavy atom. The van der Waals surface area contributed by atoms with Crippen LogP contribution in [-0.4, -0.2) is 59.6 Å². The van der Waals surface area contributed by atoms with Crippen LogP contribution < -0.4 is 10.6 Å². The molecule has 0 radical (unpaired) electrons. The van der Waals surface area contributed by atoms with E-state index < -0.39 is 0 Å². The fourth-order valence-electron chi connectivity index (χ4n) is 2.71. The first-order chi connectivity index (χ1) is 13.0. The molecule has 0 bridgehead atoms. The lowest BCUT2D eigenvalue weighted by Gasteiger charge is -2.22. The van der Waals surface area contributed by atoms with Crippen LogP contribution in [0.25, 0.3) is 0 Å². The molecule has 0 aliphatic carbocycles. The van der Waals surface area contributed by atoms with Gasteiger partial charge in [0.2, 0.25) is 0 Å². The Bertz CT molecular complexity index is 704. The fraction of sp³-hybridized carbons (Fsp3) is 0.500. The number of nitrogens with one attached hydrogen (secondary N) is 2. The van der Waals surface area contributed by atoms with Gasteiger partial charge in [0.15, 0.2) is 5.96 Å². The molecule has 2 aromatic rings. The molecular formula is C20H33IN6S. The lowest BCUT2D eigenvalue weighted by Crippen LogP contribution is -2.40. The summed E-state index contributed by atoms with van der Waals surface area (Å²) in [6.07, 6.45) is 3.97. The van der Waals surface area contributed by atoms with Crippen molar-refractivity contribution in [3.8, 4) is 0 Å². The monoisotopic (exact) mass is 516 g/mol. The van der Waals surface area contributed by atoms with Gasteiger partial charge in [0.1, 0.15) is 0 Å². The molecule has 28 heavy (non-hydrogen) atoms. The molecule has 0 aliphatic heterocycles. The maximum Gasteiger partial charge on any atom is 0.191 e. The zero-order valence-electron chi connectivity index (χ0n) is 17.4. The topological polar surface area (TPSA) is 57.5 Å². The second-order valence-corrected chi connectivity index (χ2v) is 8.28. The molecule has 2 atom stereocenters. The summed E-state index contributed by atoms with van der Waals surface area (Å²) in [4.78, 5) is 8.27. The summed E-state index contributed by atoms with van der Waals surface area (Å²) in [5.41, 5.74) is 1.18. The Morgan fingerprint density at radius 2 is 1.96 bits per heavy atom. The molecule has 1 heterocycles. The summed E-state index contributed by atoms with van der Waals surface area (Å²) in [6, 6.07) is 10.7. The molecule has 0 fully saturated rings. The molecule has 6 nitrogen and oxygen atoms in total. The highest BCUT2D eigenvalue weighted by molar-refractivity contribution is 14.0. The standard InChI is InChI=1S/C20H32N6S.HI/c1-6-21-20(22-12-16(2)27-18-10-8-7-9-11-18)23-14-19(25(3)4)17-13-24-26(5)15-17;/h7-11,13,15-16,19H,6,12,14H2,1-5H3,(H2,21,22,23);1H. The Kier molecular flexibility index (Phi) is 11.6. The van der Waals surface area contributed by atoms with Crippen LogP contribution in [-0.2, 0) is 7.05 Å². The average Bonchev–Trinajstić information content (AvgIpc) is 3.06. The summed E-state index contributed by atoms with van der Waals surface area (Å²) < 4.78 is 1.83. The van der Waals surface area contributed by atoms with Gasteiger partial charge in [-0.1, -0.05) is 25.1 Å². The molecule has 2 rings (SSSR count). The van der Waals surface area contributed by atoms with Crippen molar-refractivity contribution in [3.63, 3.8) is 0 Å². The van der Waals surface area contributed by atoms with E-state index in [1.165, 1.54) is 10.5 Å². The molecular weight excluding hydrogens is 483 g/mol. The lowest BCUT2D eigenvalue weighted by molar-refractivity contribution is 0.306. The number of thioether (sulfide) groups is 1. The van der Waals surface area contributed by atoms with Gasteiger partial charge < -0.3 is 15.5 Å². The first-order valence-electron chi connectivity index (χ1n) is 9.38. The van der Waals surface area contributed by atoms with Crippen LogP contribution in [0.2, 0.25) is 0 Å². The summed E-state index contributed by atoms with van der Waals surface area (Å²) >= 11 is 1.87. The van der Waals surface area contributed by atoms with Crippen molar-refractivity contribution < 1.29 is 0 Å². The predicted molar refractivity (Wildman–Crippen MR) is 131 cm³/mol. The van der Waals surface area contributed by atoms with E-state index in [0.29, 0.717) is 11.8 Å². The summed E-state index contributed by atoms with van der Waals surface area (Å²) in [5, 5.41) is 11.5. The van der Waals surface area contributed by atoms with Gasteiger partial charge in [0, 0.05) is 42.0 Å². The second-order valence-electron chi connectivity index (χ2n) is 6.77. The second kappa shape index (κ2) is 13.1. The minimum atomic E-state index is 0. The van der Waals surface area contributed by atoms with Crippen LogP contribution in [0.5, 0.6) is 0 Å². The number of benzene rings is 1. The van der Waals surface area contributed by atoms with E-state index in [2.05, 4.69) is 79.0 Å². The highest BCUT2D eigenvalue weighted by Gasteiger charge is 2.16. The van der Waals surface area contributed by atoms with E-state index in [9.17, 15) is 0 Å². The van der Waals surface area contributed by atoms with E-state index in [1.807, 2.05) is 35.8 Å². The first-order valence-corrected chi connectivity index (χ1v) is 10.3. The van der Waals surface area contributed by atoms with E-state index in [0.717, 1.165) is 19.0 Å². The zero-order valence-corrected chi connectivity index (χ0v) is 20.6. The van der Waals surface area contributed by atoms with E-state index >= 15 is 0 Å². The van der Waals surface area contributed by atoms with Crippen molar-refractivity contribution >= 4 is 41.7 Å². The van der Waals surface area contributed by atoms with Gasteiger partial charge in [0.05, 0.1) is 18.8 Å². The van der Waals surface area contributed by atoms with Crippen molar-refractivity contribution in [1.82, 2.24) is 25.3 Å². The fourth-order valence-corrected chi connectivity index (χ4v) is 3.66. The number of guanidine groups is 1. The molecule has 2 unspecified atom stereocenters. The van der Waals surface area contributed by atoms with Crippen LogP contribution in [0.15, 0.2) is 52.6 Å². The largest absolute Gasteiger partial charge is 0.357 e. The van der Waals surface area contributed by atoms with Gasteiger partial charge in [-0.15, -0.1) is 35.7 Å². The maximum absolute atomic E-state index is 4.81. The highest BCUT2D eigenvalue weighted by atomic mass is 127.